The number of aryl methyl sites for hydroxylation is 2. The summed E-state index contributed by atoms with van der Waals surface area (Å²) in [4.78, 5) is 32.6. The van der Waals surface area contributed by atoms with Gasteiger partial charge in [0.25, 0.3) is 5.56 Å². The van der Waals surface area contributed by atoms with Crippen LogP contribution >= 0.6 is 22.7 Å². The Bertz CT molecular complexity index is 1220. The van der Waals surface area contributed by atoms with Crippen LogP contribution in [-0.2, 0) is 11.3 Å². The second-order valence-corrected chi connectivity index (χ2v) is 8.82. The lowest BCUT2D eigenvalue weighted by molar-refractivity contribution is -0.118. The van der Waals surface area contributed by atoms with Gasteiger partial charge in [0, 0.05) is 33.8 Å². The lowest BCUT2D eigenvalue weighted by atomic mass is 10.1. The van der Waals surface area contributed by atoms with E-state index in [2.05, 4.69) is 0 Å². The Morgan fingerprint density at radius 2 is 1.93 bits per heavy atom. The van der Waals surface area contributed by atoms with Crippen molar-refractivity contribution in [1.29, 1.82) is 0 Å². The highest BCUT2D eigenvalue weighted by molar-refractivity contribution is 7.20. The number of hydrogen-bond acceptors (Lipinski definition) is 5. The highest BCUT2D eigenvalue weighted by Crippen LogP contribution is 2.38. The average molecular weight is 410 g/mol. The first-order valence-electron chi connectivity index (χ1n) is 8.89. The van der Waals surface area contributed by atoms with Gasteiger partial charge in [-0.1, -0.05) is 35.9 Å². The van der Waals surface area contributed by atoms with Gasteiger partial charge in [0.15, 0.2) is 0 Å². The van der Waals surface area contributed by atoms with Gasteiger partial charge in [0.1, 0.15) is 10.7 Å². The average Bonchev–Trinajstić information content (AvgIpc) is 3.28. The Kier molecular flexibility index (Phi) is 4.87. The Labute approximate surface area is 170 Å². The fraction of sp³-hybridized carbons (Fsp3) is 0.190. The molecule has 0 saturated heterocycles. The van der Waals surface area contributed by atoms with Gasteiger partial charge < -0.3 is 5.73 Å². The number of carbonyl (C=O) groups is 1. The maximum absolute atomic E-state index is 13.5. The molecule has 0 atom stereocenters. The molecule has 1 amide bonds. The molecule has 0 aliphatic carbocycles. The predicted molar refractivity (Wildman–Crippen MR) is 116 cm³/mol. The molecule has 3 aromatic heterocycles. The normalized spacial score (nSPS) is 11.2. The fourth-order valence-electron chi connectivity index (χ4n) is 3.26. The van der Waals surface area contributed by atoms with Crippen molar-refractivity contribution < 1.29 is 4.79 Å². The van der Waals surface area contributed by atoms with Crippen LogP contribution in [0.3, 0.4) is 0 Å². The van der Waals surface area contributed by atoms with Gasteiger partial charge in [-0.15, -0.1) is 22.7 Å². The zero-order valence-electron chi connectivity index (χ0n) is 15.6. The van der Waals surface area contributed by atoms with E-state index in [1.54, 1.807) is 15.9 Å². The summed E-state index contributed by atoms with van der Waals surface area (Å²) >= 11 is 3.13. The SMILES string of the molecule is Cc1ccc(-c2nc3sc(C)c(-c4cccs4)c3c(=O)n2CCC(N)=O)cc1. The Balaban J connectivity index is 2.01. The molecule has 0 fully saturated rings. The van der Waals surface area contributed by atoms with Crippen LogP contribution in [0.4, 0.5) is 0 Å². The number of fused-ring (bicyclic) bond motifs is 1. The summed E-state index contributed by atoms with van der Waals surface area (Å²) in [7, 11) is 0. The Hall–Kier alpha value is -2.77. The molecule has 142 valence electrons. The maximum Gasteiger partial charge on any atom is 0.263 e. The van der Waals surface area contributed by atoms with Gasteiger partial charge in [0.05, 0.1) is 5.39 Å². The van der Waals surface area contributed by atoms with Crippen LogP contribution in [0.1, 0.15) is 16.9 Å². The molecule has 7 heteroatoms. The third-order valence-electron chi connectivity index (χ3n) is 4.65. The molecule has 1 aromatic carbocycles. The molecule has 5 nitrogen and oxygen atoms in total. The van der Waals surface area contributed by atoms with E-state index in [4.69, 9.17) is 10.7 Å². The number of carbonyl (C=O) groups excluding carboxylic acids is 1. The number of aromatic nitrogens is 2. The second-order valence-electron chi connectivity index (χ2n) is 6.67. The topological polar surface area (TPSA) is 78.0 Å². The van der Waals surface area contributed by atoms with Crippen molar-refractivity contribution in [2.24, 2.45) is 5.73 Å². The van der Waals surface area contributed by atoms with Gasteiger partial charge >= 0.3 is 0 Å². The van der Waals surface area contributed by atoms with E-state index in [0.29, 0.717) is 11.2 Å². The van der Waals surface area contributed by atoms with Gasteiger partial charge in [-0.05, 0) is 25.3 Å². The molecule has 0 bridgehead atoms. The van der Waals surface area contributed by atoms with Crippen molar-refractivity contribution in [2.75, 3.05) is 0 Å². The zero-order chi connectivity index (χ0) is 19.8. The molecule has 4 rings (SSSR count). The van der Waals surface area contributed by atoms with E-state index in [0.717, 1.165) is 31.3 Å². The second kappa shape index (κ2) is 7.33. The van der Waals surface area contributed by atoms with Crippen molar-refractivity contribution in [2.45, 2.75) is 26.8 Å². The van der Waals surface area contributed by atoms with Crippen LogP contribution in [-0.4, -0.2) is 15.5 Å². The lowest BCUT2D eigenvalue weighted by Gasteiger charge is -2.12. The monoisotopic (exact) mass is 409 g/mol. The lowest BCUT2D eigenvalue weighted by Crippen LogP contribution is -2.26. The molecular weight excluding hydrogens is 390 g/mol. The van der Waals surface area contributed by atoms with Gasteiger partial charge in [0.2, 0.25) is 5.91 Å². The summed E-state index contributed by atoms with van der Waals surface area (Å²) in [6, 6.07) is 11.9. The molecule has 0 unspecified atom stereocenters. The third-order valence-corrected chi connectivity index (χ3v) is 6.53. The van der Waals surface area contributed by atoms with E-state index in [-0.39, 0.29) is 18.5 Å². The first-order chi connectivity index (χ1) is 13.5. The molecule has 2 N–H and O–H groups in total. The summed E-state index contributed by atoms with van der Waals surface area (Å²) in [5.74, 6) is 0.125. The minimum atomic E-state index is -0.443. The van der Waals surface area contributed by atoms with E-state index in [9.17, 15) is 9.59 Å². The molecule has 0 aliphatic rings. The number of nitrogens with two attached hydrogens (primary N) is 1. The van der Waals surface area contributed by atoms with Crippen molar-refractivity contribution in [3.05, 3.63) is 62.6 Å². The summed E-state index contributed by atoms with van der Waals surface area (Å²) < 4.78 is 1.58. The standard InChI is InChI=1S/C21H19N3O2S2/c1-12-5-7-14(8-6-12)19-23-20-18(21(26)24(19)10-9-16(22)25)17(13(2)28-20)15-4-3-11-27-15/h3-8,11H,9-10H2,1-2H3,(H2,22,25). The molecular formula is C21H19N3O2S2. The van der Waals surface area contributed by atoms with Crippen LogP contribution in [0.5, 0.6) is 0 Å². The third kappa shape index (κ3) is 3.27. The van der Waals surface area contributed by atoms with Crippen LogP contribution in [0, 0.1) is 13.8 Å². The van der Waals surface area contributed by atoms with E-state index in [1.165, 1.54) is 11.3 Å². The molecule has 0 saturated carbocycles. The van der Waals surface area contributed by atoms with Crippen LogP contribution in [0.25, 0.3) is 32.0 Å². The quantitative estimate of drug-likeness (QED) is 0.532. The molecule has 3 heterocycles. The highest BCUT2D eigenvalue weighted by atomic mass is 32.1. The maximum atomic E-state index is 13.5. The summed E-state index contributed by atoms with van der Waals surface area (Å²) in [6.07, 6.45) is 0.0867. The minimum absolute atomic E-state index is 0.0867. The van der Waals surface area contributed by atoms with E-state index < -0.39 is 5.91 Å². The molecule has 0 radical (unpaired) electrons. The number of nitrogens with zero attached hydrogens (tertiary/aromatic N) is 2. The van der Waals surface area contributed by atoms with Gasteiger partial charge in [-0.25, -0.2) is 4.98 Å². The Morgan fingerprint density at radius 1 is 1.18 bits per heavy atom. The molecule has 0 aliphatic heterocycles. The molecule has 28 heavy (non-hydrogen) atoms. The first-order valence-corrected chi connectivity index (χ1v) is 10.6. The largest absolute Gasteiger partial charge is 0.370 e. The molecule has 4 aromatic rings. The van der Waals surface area contributed by atoms with Crippen LogP contribution < -0.4 is 11.3 Å². The summed E-state index contributed by atoms with van der Waals surface area (Å²) in [5.41, 5.74) is 8.14. The first kappa shape index (κ1) is 18.6. The predicted octanol–water partition coefficient (Wildman–Crippen LogP) is 4.35. The van der Waals surface area contributed by atoms with Crippen molar-refractivity contribution >= 4 is 38.8 Å². The van der Waals surface area contributed by atoms with Crippen molar-refractivity contribution in [3.8, 4) is 21.8 Å². The number of thiophene rings is 2. The highest BCUT2D eigenvalue weighted by Gasteiger charge is 2.21. The van der Waals surface area contributed by atoms with Crippen LogP contribution in [0.15, 0.2) is 46.6 Å². The zero-order valence-corrected chi connectivity index (χ0v) is 17.2. The van der Waals surface area contributed by atoms with Crippen LogP contribution in [0.2, 0.25) is 0 Å². The Morgan fingerprint density at radius 3 is 2.57 bits per heavy atom. The smallest absolute Gasteiger partial charge is 0.263 e. The summed E-state index contributed by atoms with van der Waals surface area (Å²) in [5, 5.41) is 2.61. The number of amides is 1. The minimum Gasteiger partial charge on any atom is -0.370 e. The van der Waals surface area contributed by atoms with Gasteiger partial charge in [-0.2, -0.15) is 0 Å². The number of benzene rings is 1. The molecule has 0 spiro atoms. The fourth-order valence-corrected chi connectivity index (χ4v) is 5.19. The van der Waals surface area contributed by atoms with E-state index in [1.807, 2.05) is 55.6 Å². The number of primary amides is 1. The number of rotatable bonds is 5. The van der Waals surface area contributed by atoms with Gasteiger partial charge in [-0.3, -0.25) is 14.2 Å². The van der Waals surface area contributed by atoms with E-state index >= 15 is 0 Å². The number of hydrogen-bond donors (Lipinski definition) is 1. The van der Waals surface area contributed by atoms with Crippen molar-refractivity contribution in [1.82, 2.24) is 9.55 Å². The summed E-state index contributed by atoms with van der Waals surface area (Å²) in [6.45, 7) is 4.23. The van der Waals surface area contributed by atoms with Crippen molar-refractivity contribution in [3.63, 3.8) is 0 Å².